The maximum absolute atomic E-state index is 13.7. The van der Waals surface area contributed by atoms with Gasteiger partial charge in [-0.3, -0.25) is 9.59 Å². The zero-order valence-corrected chi connectivity index (χ0v) is 14.0. The number of ether oxygens (including phenoxy) is 1. The van der Waals surface area contributed by atoms with E-state index in [1.54, 1.807) is 30.3 Å². The monoisotopic (exact) mass is 360 g/mol. The highest BCUT2D eigenvalue weighted by molar-refractivity contribution is 5.89. The summed E-state index contributed by atoms with van der Waals surface area (Å²) in [6, 6.07) is 11.0. The van der Waals surface area contributed by atoms with Gasteiger partial charge in [-0.2, -0.15) is 0 Å². The van der Waals surface area contributed by atoms with Crippen LogP contribution in [0.25, 0.3) is 0 Å². The van der Waals surface area contributed by atoms with Gasteiger partial charge in [0.25, 0.3) is 0 Å². The molecular weight excluding hydrogens is 342 g/mol. The predicted octanol–water partition coefficient (Wildman–Crippen LogP) is 2.01. The van der Waals surface area contributed by atoms with Crippen LogP contribution in [0.3, 0.4) is 0 Å². The summed E-state index contributed by atoms with van der Waals surface area (Å²) < 4.78 is 31.9. The number of halogens is 2. The molecule has 0 bridgehead atoms. The summed E-state index contributed by atoms with van der Waals surface area (Å²) in [6.45, 7) is 0.120. The molecular formula is C19H18F2N2O3. The van der Waals surface area contributed by atoms with Crippen molar-refractivity contribution in [2.75, 3.05) is 13.2 Å². The Kier molecular flexibility index (Phi) is 5.58. The van der Waals surface area contributed by atoms with Crippen LogP contribution in [0.1, 0.15) is 11.1 Å². The maximum Gasteiger partial charge on any atom is 0.249 e. The molecule has 0 aromatic heterocycles. The molecule has 0 saturated carbocycles. The Morgan fingerprint density at radius 2 is 1.88 bits per heavy atom. The summed E-state index contributed by atoms with van der Waals surface area (Å²) in [5.41, 5.74) is 1.06. The summed E-state index contributed by atoms with van der Waals surface area (Å²) in [4.78, 5) is 26.1. The van der Waals surface area contributed by atoms with Gasteiger partial charge in [-0.15, -0.1) is 0 Å². The topological polar surface area (TPSA) is 58.6 Å². The molecule has 0 unspecified atom stereocenters. The molecule has 136 valence electrons. The van der Waals surface area contributed by atoms with E-state index in [4.69, 9.17) is 4.74 Å². The normalized spacial score (nSPS) is 17.2. The summed E-state index contributed by atoms with van der Waals surface area (Å²) >= 11 is 0. The third kappa shape index (κ3) is 4.23. The molecule has 26 heavy (non-hydrogen) atoms. The number of carbonyl (C=O) groups excluding carboxylic acids is 2. The Bertz CT molecular complexity index is 796. The highest BCUT2D eigenvalue weighted by atomic mass is 19.1. The Morgan fingerprint density at radius 3 is 2.62 bits per heavy atom. The molecule has 1 aliphatic rings. The van der Waals surface area contributed by atoms with Gasteiger partial charge in [0.05, 0.1) is 6.61 Å². The van der Waals surface area contributed by atoms with Gasteiger partial charge in [0.2, 0.25) is 11.8 Å². The van der Waals surface area contributed by atoms with Crippen molar-refractivity contribution < 1.29 is 23.1 Å². The molecule has 1 fully saturated rings. The van der Waals surface area contributed by atoms with Crippen molar-refractivity contribution in [1.82, 2.24) is 10.2 Å². The molecule has 1 saturated heterocycles. The smallest absolute Gasteiger partial charge is 0.249 e. The summed E-state index contributed by atoms with van der Waals surface area (Å²) in [5, 5.41) is 2.64. The van der Waals surface area contributed by atoms with Crippen LogP contribution in [0.4, 0.5) is 8.78 Å². The predicted molar refractivity (Wildman–Crippen MR) is 89.8 cm³/mol. The second-order valence-corrected chi connectivity index (χ2v) is 5.99. The van der Waals surface area contributed by atoms with Gasteiger partial charge in [0, 0.05) is 18.7 Å². The van der Waals surface area contributed by atoms with Crippen LogP contribution in [-0.2, 0) is 27.4 Å². The molecule has 2 aromatic carbocycles. The Morgan fingerprint density at radius 1 is 1.15 bits per heavy atom. The molecule has 0 spiro atoms. The van der Waals surface area contributed by atoms with Crippen LogP contribution >= 0.6 is 0 Å². The van der Waals surface area contributed by atoms with Gasteiger partial charge in [-0.05, 0) is 23.8 Å². The Balaban J connectivity index is 1.68. The van der Waals surface area contributed by atoms with Crippen molar-refractivity contribution in [1.29, 1.82) is 0 Å². The minimum absolute atomic E-state index is 0.0145. The molecule has 2 aromatic rings. The molecule has 1 atom stereocenters. The highest BCUT2D eigenvalue weighted by Gasteiger charge is 2.34. The molecule has 0 radical (unpaired) electrons. The minimum Gasteiger partial charge on any atom is -0.369 e. The van der Waals surface area contributed by atoms with Crippen LogP contribution < -0.4 is 5.32 Å². The second kappa shape index (κ2) is 8.05. The number of hydrogen-bond acceptors (Lipinski definition) is 3. The average molecular weight is 360 g/mol. The van der Waals surface area contributed by atoms with E-state index in [0.717, 1.165) is 0 Å². The quantitative estimate of drug-likeness (QED) is 0.887. The van der Waals surface area contributed by atoms with Crippen molar-refractivity contribution in [2.45, 2.75) is 19.1 Å². The minimum atomic E-state index is -0.826. The molecule has 0 aliphatic carbocycles. The SMILES string of the molecule is O=C(NCc1ccccc1F)[C@@H]1COCC(=O)N1Cc1ccc(F)cc1. The van der Waals surface area contributed by atoms with Crippen molar-refractivity contribution in [3.63, 3.8) is 0 Å². The van der Waals surface area contributed by atoms with Gasteiger partial charge in [0.1, 0.15) is 24.3 Å². The number of carbonyl (C=O) groups is 2. The zero-order valence-electron chi connectivity index (χ0n) is 14.0. The zero-order chi connectivity index (χ0) is 18.5. The number of amides is 2. The lowest BCUT2D eigenvalue weighted by atomic mass is 10.1. The fraction of sp³-hybridized carbons (Fsp3) is 0.263. The van der Waals surface area contributed by atoms with E-state index in [1.165, 1.54) is 23.1 Å². The summed E-state index contributed by atoms with van der Waals surface area (Å²) in [7, 11) is 0. The third-order valence-corrected chi connectivity index (χ3v) is 4.18. The fourth-order valence-corrected chi connectivity index (χ4v) is 2.75. The van der Waals surface area contributed by atoms with Crippen molar-refractivity contribution in [3.8, 4) is 0 Å². The number of nitrogens with zero attached hydrogens (tertiary/aromatic N) is 1. The van der Waals surface area contributed by atoms with Crippen LogP contribution in [0.15, 0.2) is 48.5 Å². The van der Waals surface area contributed by atoms with Gasteiger partial charge in [-0.1, -0.05) is 30.3 Å². The van der Waals surface area contributed by atoms with Gasteiger partial charge in [-0.25, -0.2) is 8.78 Å². The lowest BCUT2D eigenvalue weighted by Gasteiger charge is -2.34. The van der Waals surface area contributed by atoms with Gasteiger partial charge >= 0.3 is 0 Å². The number of nitrogens with one attached hydrogen (secondary N) is 1. The lowest BCUT2D eigenvalue weighted by Crippen LogP contribution is -2.55. The van der Waals surface area contributed by atoms with E-state index < -0.39 is 17.8 Å². The molecule has 2 amide bonds. The molecule has 7 heteroatoms. The first-order valence-electron chi connectivity index (χ1n) is 8.17. The summed E-state index contributed by atoms with van der Waals surface area (Å²) in [5.74, 6) is -1.54. The van der Waals surface area contributed by atoms with Crippen LogP contribution in [-0.4, -0.2) is 36.0 Å². The fourth-order valence-electron chi connectivity index (χ4n) is 2.75. The standard InChI is InChI=1S/C19H18F2N2O3/c20-15-7-5-13(6-8-15)10-23-17(11-26-12-18(23)24)19(25)22-9-14-3-1-2-4-16(14)21/h1-8,17H,9-12H2,(H,22,25)/t17-/m0/s1. The molecule has 5 nitrogen and oxygen atoms in total. The van der Waals surface area contributed by atoms with Gasteiger partial charge in [0.15, 0.2) is 0 Å². The molecule has 1 N–H and O–H groups in total. The van der Waals surface area contributed by atoms with Crippen LogP contribution in [0.2, 0.25) is 0 Å². The number of hydrogen-bond donors (Lipinski definition) is 1. The average Bonchev–Trinajstić information content (AvgIpc) is 2.64. The number of rotatable bonds is 5. The highest BCUT2D eigenvalue weighted by Crippen LogP contribution is 2.15. The van der Waals surface area contributed by atoms with E-state index >= 15 is 0 Å². The number of morpholine rings is 1. The Hall–Kier alpha value is -2.80. The van der Waals surface area contributed by atoms with Crippen molar-refractivity contribution in [3.05, 3.63) is 71.3 Å². The number of benzene rings is 2. The van der Waals surface area contributed by atoms with Crippen LogP contribution in [0, 0.1) is 11.6 Å². The van der Waals surface area contributed by atoms with E-state index in [-0.39, 0.29) is 38.0 Å². The molecule has 1 heterocycles. The first-order valence-corrected chi connectivity index (χ1v) is 8.17. The first-order chi connectivity index (χ1) is 12.5. The first kappa shape index (κ1) is 18.0. The maximum atomic E-state index is 13.7. The third-order valence-electron chi connectivity index (χ3n) is 4.18. The second-order valence-electron chi connectivity index (χ2n) is 5.99. The largest absolute Gasteiger partial charge is 0.369 e. The molecule has 3 rings (SSSR count). The Labute approximate surface area is 149 Å². The van der Waals surface area contributed by atoms with E-state index in [2.05, 4.69) is 5.32 Å². The molecule has 1 aliphatic heterocycles. The van der Waals surface area contributed by atoms with Crippen molar-refractivity contribution in [2.24, 2.45) is 0 Å². The van der Waals surface area contributed by atoms with Crippen LogP contribution in [0.5, 0.6) is 0 Å². The van der Waals surface area contributed by atoms with E-state index in [9.17, 15) is 18.4 Å². The van der Waals surface area contributed by atoms with Crippen molar-refractivity contribution >= 4 is 11.8 Å². The lowest BCUT2D eigenvalue weighted by molar-refractivity contribution is -0.155. The van der Waals surface area contributed by atoms with E-state index in [1.807, 2.05) is 0 Å². The van der Waals surface area contributed by atoms with E-state index in [0.29, 0.717) is 11.1 Å². The van der Waals surface area contributed by atoms with Gasteiger partial charge < -0.3 is 15.0 Å². The summed E-state index contributed by atoms with van der Waals surface area (Å²) in [6.07, 6.45) is 0.